The number of hydrogen-bond acceptors (Lipinski definition) is 4. The van der Waals surface area contributed by atoms with Crippen molar-refractivity contribution in [1.82, 2.24) is 15.1 Å². The van der Waals surface area contributed by atoms with Gasteiger partial charge in [-0.05, 0) is 48.7 Å². The summed E-state index contributed by atoms with van der Waals surface area (Å²) in [7, 11) is -3.01. The van der Waals surface area contributed by atoms with Gasteiger partial charge in [-0.3, -0.25) is 4.79 Å². The molecular weight excluding hydrogens is 405 g/mol. The van der Waals surface area contributed by atoms with Crippen LogP contribution < -0.4 is 5.32 Å². The molecule has 1 aromatic heterocycles. The first-order valence-electron chi connectivity index (χ1n) is 9.77. The first-order chi connectivity index (χ1) is 14.4. The zero-order chi connectivity index (χ0) is 21.1. The molecule has 1 N–H and O–H groups in total. The van der Waals surface area contributed by atoms with Crippen molar-refractivity contribution in [2.75, 3.05) is 11.5 Å². The molecule has 3 aromatic rings. The standard InChI is InChI=1S/C22H22FN3O3S/c23-19-8-6-17(7-9-19)22-18(14-26(25-22)20-4-2-1-3-5-20)13-24-21(27)12-16-10-11-30(28,29)15-16/h1-9,14,16H,10-13,15H2,(H,24,27). The number of aromatic nitrogens is 2. The number of hydrogen-bond donors (Lipinski definition) is 1. The van der Waals surface area contributed by atoms with Gasteiger partial charge in [0.2, 0.25) is 5.91 Å². The van der Waals surface area contributed by atoms with Crippen LogP contribution in [0.5, 0.6) is 0 Å². The largest absolute Gasteiger partial charge is 0.352 e. The maximum Gasteiger partial charge on any atom is 0.220 e. The first kappa shape index (κ1) is 20.3. The van der Waals surface area contributed by atoms with Gasteiger partial charge < -0.3 is 5.32 Å². The molecule has 1 atom stereocenters. The molecule has 8 heteroatoms. The molecule has 1 aliphatic heterocycles. The van der Waals surface area contributed by atoms with Crippen LogP contribution in [0.3, 0.4) is 0 Å². The van der Waals surface area contributed by atoms with Crippen molar-refractivity contribution in [3.05, 3.63) is 72.2 Å². The van der Waals surface area contributed by atoms with Crippen molar-refractivity contribution in [2.45, 2.75) is 19.4 Å². The maximum absolute atomic E-state index is 13.3. The van der Waals surface area contributed by atoms with E-state index in [-0.39, 0.29) is 42.1 Å². The van der Waals surface area contributed by atoms with E-state index in [1.165, 1.54) is 12.1 Å². The van der Waals surface area contributed by atoms with E-state index in [4.69, 9.17) is 0 Å². The average Bonchev–Trinajstić information content (AvgIpc) is 3.30. The lowest BCUT2D eigenvalue weighted by molar-refractivity contribution is -0.122. The summed E-state index contributed by atoms with van der Waals surface area (Å²) in [6.07, 6.45) is 2.56. The van der Waals surface area contributed by atoms with Crippen molar-refractivity contribution in [3.63, 3.8) is 0 Å². The Hall–Kier alpha value is -3.00. The third-order valence-electron chi connectivity index (χ3n) is 5.21. The summed E-state index contributed by atoms with van der Waals surface area (Å²) in [6, 6.07) is 15.6. The molecule has 156 valence electrons. The SMILES string of the molecule is O=C(CC1CCS(=O)(=O)C1)NCc1cn(-c2ccccc2)nc1-c1ccc(F)cc1. The highest BCUT2D eigenvalue weighted by molar-refractivity contribution is 7.91. The Morgan fingerprint density at radius 1 is 1.13 bits per heavy atom. The van der Waals surface area contributed by atoms with Gasteiger partial charge in [0.25, 0.3) is 0 Å². The van der Waals surface area contributed by atoms with E-state index >= 15 is 0 Å². The van der Waals surface area contributed by atoms with E-state index in [1.807, 2.05) is 36.5 Å². The number of benzene rings is 2. The summed E-state index contributed by atoms with van der Waals surface area (Å²) in [6.45, 7) is 0.248. The van der Waals surface area contributed by atoms with Crippen molar-refractivity contribution >= 4 is 15.7 Å². The number of carbonyl (C=O) groups excluding carboxylic acids is 1. The molecule has 1 fully saturated rings. The van der Waals surface area contributed by atoms with E-state index in [0.29, 0.717) is 12.1 Å². The van der Waals surface area contributed by atoms with Gasteiger partial charge in [0.1, 0.15) is 5.82 Å². The highest BCUT2D eigenvalue weighted by Crippen LogP contribution is 2.25. The quantitative estimate of drug-likeness (QED) is 0.655. The molecule has 2 heterocycles. The van der Waals surface area contributed by atoms with Gasteiger partial charge in [-0.25, -0.2) is 17.5 Å². The number of amides is 1. The smallest absolute Gasteiger partial charge is 0.220 e. The highest BCUT2D eigenvalue weighted by atomic mass is 32.2. The Kier molecular flexibility index (Phi) is 5.67. The lowest BCUT2D eigenvalue weighted by Crippen LogP contribution is -2.25. The number of halogens is 1. The summed E-state index contributed by atoms with van der Waals surface area (Å²) in [5, 5.41) is 7.52. The van der Waals surface area contributed by atoms with Gasteiger partial charge in [0.15, 0.2) is 9.84 Å². The van der Waals surface area contributed by atoms with E-state index in [2.05, 4.69) is 10.4 Å². The zero-order valence-corrected chi connectivity index (χ0v) is 17.1. The average molecular weight is 428 g/mol. The van der Waals surface area contributed by atoms with Gasteiger partial charge in [0, 0.05) is 30.3 Å². The molecule has 1 saturated heterocycles. The van der Waals surface area contributed by atoms with Crippen molar-refractivity contribution in [1.29, 1.82) is 0 Å². The summed E-state index contributed by atoms with van der Waals surface area (Å²) in [5.41, 5.74) is 3.06. The van der Waals surface area contributed by atoms with Crippen LogP contribution in [0.1, 0.15) is 18.4 Å². The Morgan fingerprint density at radius 3 is 2.53 bits per heavy atom. The summed E-state index contributed by atoms with van der Waals surface area (Å²) < 4.78 is 38.3. The van der Waals surface area contributed by atoms with Gasteiger partial charge in [-0.1, -0.05) is 18.2 Å². The second-order valence-corrected chi connectivity index (χ2v) is 9.77. The van der Waals surface area contributed by atoms with Crippen LogP contribution in [-0.2, 0) is 21.2 Å². The van der Waals surface area contributed by atoms with E-state index < -0.39 is 9.84 Å². The van der Waals surface area contributed by atoms with Crippen molar-refractivity contribution in [3.8, 4) is 16.9 Å². The summed E-state index contributed by atoms with van der Waals surface area (Å²) >= 11 is 0. The number of nitrogens with zero attached hydrogens (tertiary/aromatic N) is 2. The fourth-order valence-corrected chi connectivity index (χ4v) is 5.53. The molecule has 2 aromatic carbocycles. The molecule has 0 spiro atoms. The number of sulfone groups is 1. The minimum atomic E-state index is -3.01. The molecule has 1 unspecified atom stereocenters. The Bertz CT molecular complexity index is 1140. The normalized spacial score (nSPS) is 17.7. The van der Waals surface area contributed by atoms with Gasteiger partial charge >= 0.3 is 0 Å². The van der Waals surface area contributed by atoms with Gasteiger partial charge in [-0.2, -0.15) is 5.10 Å². The molecule has 1 amide bonds. The van der Waals surface area contributed by atoms with Crippen molar-refractivity contribution in [2.24, 2.45) is 5.92 Å². The molecular formula is C22H22FN3O3S. The number of para-hydroxylation sites is 1. The third kappa shape index (κ3) is 4.76. The fraction of sp³-hybridized carbons (Fsp3) is 0.273. The second kappa shape index (κ2) is 8.39. The minimum absolute atomic E-state index is 0.0766. The number of nitrogens with one attached hydrogen (secondary N) is 1. The van der Waals surface area contributed by atoms with Crippen LogP contribution in [0.2, 0.25) is 0 Å². The van der Waals surface area contributed by atoms with Crippen LogP contribution in [0.25, 0.3) is 16.9 Å². The summed E-state index contributed by atoms with van der Waals surface area (Å²) in [4.78, 5) is 12.4. The molecule has 0 saturated carbocycles. The van der Waals surface area contributed by atoms with Crippen LogP contribution in [0.4, 0.5) is 4.39 Å². The Labute approximate surface area is 174 Å². The summed E-state index contributed by atoms with van der Waals surface area (Å²) in [5.74, 6) is -0.410. The van der Waals surface area contributed by atoms with Gasteiger partial charge in [0.05, 0.1) is 22.9 Å². The second-order valence-electron chi connectivity index (χ2n) is 7.54. The lowest BCUT2D eigenvalue weighted by atomic mass is 10.0. The number of carbonyl (C=O) groups is 1. The Morgan fingerprint density at radius 2 is 1.87 bits per heavy atom. The third-order valence-corrected chi connectivity index (χ3v) is 7.04. The highest BCUT2D eigenvalue weighted by Gasteiger charge is 2.29. The molecule has 30 heavy (non-hydrogen) atoms. The van der Waals surface area contributed by atoms with E-state index in [9.17, 15) is 17.6 Å². The van der Waals surface area contributed by atoms with Crippen LogP contribution in [-0.4, -0.2) is 35.6 Å². The number of rotatable bonds is 6. The molecule has 0 aliphatic carbocycles. The predicted molar refractivity (Wildman–Crippen MR) is 112 cm³/mol. The van der Waals surface area contributed by atoms with Crippen molar-refractivity contribution < 1.29 is 17.6 Å². The molecule has 6 nitrogen and oxygen atoms in total. The van der Waals surface area contributed by atoms with Crippen LogP contribution in [0.15, 0.2) is 60.8 Å². The van der Waals surface area contributed by atoms with Crippen LogP contribution >= 0.6 is 0 Å². The molecule has 1 aliphatic rings. The monoisotopic (exact) mass is 427 g/mol. The van der Waals surface area contributed by atoms with Crippen LogP contribution in [0, 0.1) is 11.7 Å². The predicted octanol–water partition coefficient (Wildman–Crippen LogP) is 3.12. The maximum atomic E-state index is 13.3. The van der Waals surface area contributed by atoms with E-state index in [1.54, 1.807) is 16.8 Å². The fourth-order valence-electron chi connectivity index (χ4n) is 3.66. The lowest BCUT2D eigenvalue weighted by Gasteiger charge is -2.09. The minimum Gasteiger partial charge on any atom is -0.352 e. The van der Waals surface area contributed by atoms with Gasteiger partial charge in [-0.15, -0.1) is 0 Å². The molecule has 0 radical (unpaired) electrons. The Balaban J connectivity index is 1.53. The topological polar surface area (TPSA) is 81.1 Å². The molecule has 0 bridgehead atoms. The molecule has 4 rings (SSSR count). The first-order valence-corrected chi connectivity index (χ1v) is 11.6. The van der Waals surface area contributed by atoms with E-state index in [0.717, 1.165) is 16.8 Å². The zero-order valence-electron chi connectivity index (χ0n) is 16.3.